The van der Waals surface area contributed by atoms with Gasteiger partial charge in [0.15, 0.2) is 16.6 Å². The van der Waals surface area contributed by atoms with E-state index in [-0.39, 0.29) is 34.8 Å². The number of fused-ring (bicyclic) bond motifs is 2. The Labute approximate surface area is 162 Å². The molecule has 144 valence electrons. The highest BCUT2D eigenvalue weighted by atomic mass is 35.5. The van der Waals surface area contributed by atoms with Crippen LogP contribution >= 0.6 is 11.6 Å². The first-order chi connectivity index (χ1) is 12.9. The summed E-state index contributed by atoms with van der Waals surface area (Å²) in [5.41, 5.74) is 6.84. The Morgan fingerprint density at radius 1 is 1.30 bits per heavy atom. The predicted molar refractivity (Wildman–Crippen MR) is 102 cm³/mol. The number of imidazole rings is 1. The molecule has 0 bridgehead atoms. The number of hydrogen-bond donors (Lipinski definition) is 1. The molecule has 0 radical (unpaired) electrons. The first-order valence-corrected chi connectivity index (χ1v) is 9.97. The SMILES string of the molecule is C=C[C@@]1(C)C[C@@H](n2cnc3c(Cl)nc(N)nc32)[C@H]2OC3(CCCCC3)O[C@H]21. The van der Waals surface area contributed by atoms with Gasteiger partial charge in [0.05, 0.1) is 18.5 Å². The minimum atomic E-state index is -0.460. The molecule has 7 nitrogen and oxygen atoms in total. The molecule has 0 unspecified atom stereocenters. The molecular weight excluding hydrogens is 366 g/mol. The summed E-state index contributed by atoms with van der Waals surface area (Å²) in [4.78, 5) is 12.8. The largest absolute Gasteiger partial charge is 0.368 e. The van der Waals surface area contributed by atoms with Gasteiger partial charge in [-0.15, -0.1) is 6.58 Å². The first kappa shape index (κ1) is 17.4. The van der Waals surface area contributed by atoms with Gasteiger partial charge in [-0.1, -0.05) is 31.0 Å². The van der Waals surface area contributed by atoms with Gasteiger partial charge in [-0.25, -0.2) is 4.98 Å². The number of rotatable bonds is 2. The van der Waals surface area contributed by atoms with Gasteiger partial charge in [0, 0.05) is 18.3 Å². The molecule has 27 heavy (non-hydrogen) atoms. The number of anilines is 1. The molecule has 3 aliphatic rings. The van der Waals surface area contributed by atoms with Gasteiger partial charge in [-0.05, 0) is 19.3 Å². The topological polar surface area (TPSA) is 88.1 Å². The normalized spacial score (nSPS) is 35.0. The first-order valence-electron chi connectivity index (χ1n) is 9.59. The molecule has 5 rings (SSSR count). The zero-order chi connectivity index (χ0) is 18.8. The maximum absolute atomic E-state index is 6.63. The van der Waals surface area contributed by atoms with E-state index in [0.29, 0.717) is 11.2 Å². The van der Waals surface area contributed by atoms with Gasteiger partial charge in [0.1, 0.15) is 11.6 Å². The summed E-state index contributed by atoms with van der Waals surface area (Å²) in [7, 11) is 0. The van der Waals surface area contributed by atoms with Crippen molar-refractivity contribution in [1.29, 1.82) is 0 Å². The van der Waals surface area contributed by atoms with Crippen molar-refractivity contribution in [3.63, 3.8) is 0 Å². The summed E-state index contributed by atoms with van der Waals surface area (Å²) in [5.74, 6) is -0.318. The van der Waals surface area contributed by atoms with Crippen LogP contribution < -0.4 is 5.73 Å². The van der Waals surface area contributed by atoms with Crippen molar-refractivity contribution in [3.05, 3.63) is 24.1 Å². The standard InChI is InChI=1S/C19H24ClN5O2/c1-3-18(2)9-11(13-14(18)27-19(26-13)7-5-4-6-8-19)25-10-22-12-15(20)23-17(21)24-16(12)25/h3,10-11,13-14H,1,4-9H2,2H3,(H2,21,23,24)/t11-,13-,14-,18+/m1/s1. The van der Waals surface area contributed by atoms with Crippen molar-refractivity contribution in [2.75, 3.05) is 5.73 Å². The van der Waals surface area contributed by atoms with E-state index in [9.17, 15) is 0 Å². The van der Waals surface area contributed by atoms with Gasteiger partial charge in [0.2, 0.25) is 5.95 Å². The lowest BCUT2D eigenvalue weighted by Crippen LogP contribution is -2.37. The second-order valence-electron chi connectivity index (χ2n) is 8.27. The molecule has 1 saturated heterocycles. The third-order valence-electron chi connectivity index (χ3n) is 6.50. The Hall–Kier alpha value is -1.70. The number of nitrogens with two attached hydrogens (primary N) is 1. The fraction of sp³-hybridized carbons (Fsp3) is 0.632. The summed E-state index contributed by atoms with van der Waals surface area (Å²) < 4.78 is 15.3. The van der Waals surface area contributed by atoms with E-state index in [1.165, 1.54) is 6.42 Å². The number of nitrogen functional groups attached to an aromatic ring is 1. The van der Waals surface area contributed by atoms with Gasteiger partial charge in [-0.2, -0.15) is 9.97 Å². The van der Waals surface area contributed by atoms with Gasteiger partial charge < -0.3 is 19.8 Å². The Kier molecular flexibility index (Phi) is 3.80. The maximum Gasteiger partial charge on any atom is 0.223 e. The van der Waals surface area contributed by atoms with E-state index in [4.69, 9.17) is 26.8 Å². The van der Waals surface area contributed by atoms with E-state index in [0.717, 1.165) is 32.1 Å². The van der Waals surface area contributed by atoms with E-state index in [1.807, 2.05) is 10.6 Å². The monoisotopic (exact) mass is 389 g/mol. The fourth-order valence-corrected chi connectivity index (χ4v) is 5.25. The van der Waals surface area contributed by atoms with Crippen LogP contribution in [0.3, 0.4) is 0 Å². The molecule has 1 aliphatic heterocycles. The number of aromatic nitrogens is 4. The Morgan fingerprint density at radius 2 is 2.07 bits per heavy atom. The van der Waals surface area contributed by atoms with Gasteiger partial charge >= 0.3 is 0 Å². The lowest BCUT2D eigenvalue weighted by atomic mass is 9.86. The Bertz CT molecular complexity index is 909. The van der Waals surface area contributed by atoms with Crippen LogP contribution in [0.25, 0.3) is 11.2 Å². The Morgan fingerprint density at radius 3 is 2.81 bits per heavy atom. The van der Waals surface area contributed by atoms with Crippen LogP contribution in [0.2, 0.25) is 5.15 Å². The van der Waals surface area contributed by atoms with Crippen molar-refractivity contribution in [1.82, 2.24) is 19.5 Å². The van der Waals surface area contributed by atoms with Crippen molar-refractivity contribution in [3.8, 4) is 0 Å². The maximum atomic E-state index is 6.63. The Balaban J connectivity index is 1.58. The molecule has 2 aromatic heterocycles. The molecule has 8 heteroatoms. The highest BCUT2D eigenvalue weighted by Crippen LogP contribution is 2.56. The van der Waals surface area contributed by atoms with Crippen LogP contribution in [0.5, 0.6) is 0 Å². The van der Waals surface area contributed by atoms with E-state index < -0.39 is 5.79 Å². The minimum absolute atomic E-state index is 0.0228. The van der Waals surface area contributed by atoms with E-state index >= 15 is 0 Å². The highest BCUT2D eigenvalue weighted by molar-refractivity contribution is 6.33. The smallest absolute Gasteiger partial charge is 0.223 e. The summed E-state index contributed by atoms with van der Waals surface area (Å²) in [6, 6.07) is 0.0228. The second-order valence-corrected chi connectivity index (χ2v) is 8.63. The molecule has 2 aliphatic carbocycles. The lowest BCUT2D eigenvalue weighted by molar-refractivity contribution is -0.208. The summed E-state index contributed by atoms with van der Waals surface area (Å²) in [6.07, 6.45) is 9.90. The van der Waals surface area contributed by atoms with Crippen molar-refractivity contribution in [2.24, 2.45) is 5.41 Å². The lowest BCUT2D eigenvalue weighted by Gasteiger charge is -2.35. The third-order valence-corrected chi connectivity index (χ3v) is 6.77. The van der Waals surface area contributed by atoms with Gasteiger partial charge in [0.25, 0.3) is 0 Å². The molecule has 0 aromatic carbocycles. The van der Waals surface area contributed by atoms with Crippen LogP contribution in [-0.4, -0.2) is 37.5 Å². The molecule has 0 amide bonds. The van der Waals surface area contributed by atoms with Crippen LogP contribution in [0.4, 0.5) is 5.95 Å². The van der Waals surface area contributed by atoms with E-state index in [2.05, 4.69) is 28.5 Å². The highest BCUT2D eigenvalue weighted by Gasteiger charge is 2.61. The van der Waals surface area contributed by atoms with Crippen LogP contribution in [-0.2, 0) is 9.47 Å². The number of hydrogen-bond acceptors (Lipinski definition) is 6. The molecular formula is C19H24ClN5O2. The van der Waals surface area contributed by atoms with E-state index in [1.54, 1.807) is 6.33 Å². The number of nitrogens with zero attached hydrogens (tertiary/aromatic N) is 4. The fourth-order valence-electron chi connectivity index (χ4n) is 5.03. The summed E-state index contributed by atoms with van der Waals surface area (Å²) >= 11 is 6.21. The molecule has 2 saturated carbocycles. The van der Waals surface area contributed by atoms with Crippen LogP contribution in [0.1, 0.15) is 51.5 Å². The van der Waals surface area contributed by atoms with Crippen molar-refractivity contribution >= 4 is 28.7 Å². The number of halogens is 1. The second kappa shape index (κ2) is 5.90. The molecule has 2 N–H and O–H groups in total. The van der Waals surface area contributed by atoms with Crippen molar-refractivity contribution in [2.45, 2.75) is 69.5 Å². The third kappa shape index (κ3) is 2.52. The molecule has 4 atom stereocenters. The van der Waals surface area contributed by atoms with Crippen molar-refractivity contribution < 1.29 is 9.47 Å². The average Bonchev–Trinajstić information content (AvgIpc) is 3.29. The minimum Gasteiger partial charge on any atom is -0.368 e. The zero-order valence-electron chi connectivity index (χ0n) is 15.4. The van der Waals surface area contributed by atoms with Gasteiger partial charge in [-0.3, -0.25) is 0 Å². The summed E-state index contributed by atoms with van der Waals surface area (Å²) in [5, 5.41) is 0.268. The van der Waals surface area contributed by atoms with Crippen LogP contribution in [0.15, 0.2) is 19.0 Å². The quantitative estimate of drug-likeness (QED) is 0.623. The van der Waals surface area contributed by atoms with Crippen LogP contribution in [0, 0.1) is 5.41 Å². The number of ether oxygens (including phenoxy) is 2. The molecule has 1 spiro atoms. The summed E-state index contributed by atoms with van der Waals surface area (Å²) in [6.45, 7) is 6.28. The molecule has 3 fully saturated rings. The zero-order valence-corrected chi connectivity index (χ0v) is 16.2. The average molecular weight is 390 g/mol. The molecule has 3 heterocycles. The molecule has 2 aromatic rings. The predicted octanol–water partition coefficient (Wildman–Crippen LogP) is 3.64.